The maximum atomic E-state index is 13.2. The smallest absolute Gasteiger partial charge is 0.416 e. The summed E-state index contributed by atoms with van der Waals surface area (Å²) in [4.78, 5) is 16.8. The van der Waals surface area contributed by atoms with Crippen LogP contribution < -0.4 is 10.1 Å². The van der Waals surface area contributed by atoms with Gasteiger partial charge in [0.15, 0.2) is 5.82 Å². The SMILES string of the molecule is CCOc1nc(-c2cccc(C(F)(F)F)c2)n(-c2ccc(NC(=O)c3cccc(Br)c3)cc2)n1. The predicted molar refractivity (Wildman–Crippen MR) is 125 cm³/mol. The average molecular weight is 531 g/mol. The van der Waals surface area contributed by atoms with Crippen LogP contribution in [0.5, 0.6) is 6.01 Å². The molecule has 174 valence electrons. The Morgan fingerprint density at radius 3 is 2.47 bits per heavy atom. The molecule has 4 rings (SSSR count). The zero-order chi connectivity index (χ0) is 24.3. The van der Waals surface area contributed by atoms with E-state index in [-0.39, 0.29) is 23.3 Å². The van der Waals surface area contributed by atoms with Crippen molar-refractivity contribution in [2.24, 2.45) is 0 Å². The summed E-state index contributed by atoms with van der Waals surface area (Å²) >= 11 is 3.34. The number of nitrogens with zero attached hydrogens (tertiary/aromatic N) is 3. The molecule has 6 nitrogen and oxygen atoms in total. The molecule has 0 fully saturated rings. The first kappa shape index (κ1) is 23.5. The van der Waals surface area contributed by atoms with E-state index in [0.717, 1.165) is 16.6 Å². The van der Waals surface area contributed by atoms with E-state index in [9.17, 15) is 18.0 Å². The second-order valence-corrected chi connectivity index (χ2v) is 8.07. The average Bonchev–Trinajstić information content (AvgIpc) is 3.23. The molecule has 1 amide bonds. The van der Waals surface area contributed by atoms with Gasteiger partial charge < -0.3 is 10.1 Å². The van der Waals surface area contributed by atoms with E-state index in [1.807, 2.05) is 6.07 Å². The van der Waals surface area contributed by atoms with Crippen LogP contribution >= 0.6 is 15.9 Å². The molecule has 0 bridgehead atoms. The fraction of sp³-hybridized carbons (Fsp3) is 0.125. The highest BCUT2D eigenvalue weighted by molar-refractivity contribution is 9.10. The van der Waals surface area contributed by atoms with Gasteiger partial charge in [0.05, 0.1) is 17.9 Å². The first-order valence-electron chi connectivity index (χ1n) is 10.2. The Bertz CT molecular complexity index is 1320. The third kappa shape index (κ3) is 5.28. The van der Waals surface area contributed by atoms with Gasteiger partial charge in [-0.25, -0.2) is 4.68 Å². The Morgan fingerprint density at radius 1 is 1.06 bits per heavy atom. The van der Waals surface area contributed by atoms with Crippen LogP contribution in [-0.4, -0.2) is 27.3 Å². The maximum absolute atomic E-state index is 13.2. The first-order chi connectivity index (χ1) is 16.2. The molecule has 1 aromatic heterocycles. The van der Waals surface area contributed by atoms with Crippen molar-refractivity contribution in [2.45, 2.75) is 13.1 Å². The van der Waals surface area contributed by atoms with Crippen LogP contribution in [0.2, 0.25) is 0 Å². The molecule has 1 heterocycles. The van der Waals surface area contributed by atoms with Crippen LogP contribution in [0, 0.1) is 0 Å². The van der Waals surface area contributed by atoms with E-state index in [2.05, 4.69) is 31.3 Å². The lowest BCUT2D eigenvalue weighted by Gasteiger charge is -2.10. The van der Waals surface area contributed by atoms with Crippen LogP contribution in [0.1, 0.15) is 22.8 Å². The fourth-order valence-corrected chi connectivity index (χ4v) is 3.60. The number of halogens is 4. The van der Waals surface area contributed by atoms with E-state index < -0.39 is 11.7 Å². The minimum Gasteiger partial charge on any atom is -0.463 e. The number of anilines is 1. The third-order valence-electron chi connectivity index (χ3n) is 4.77. The molecule has 0 saturated carbocycles. The maximum Gasteiger partial charge on any atom is 0.416 e. The van der Waals surface area contributed by atoms with Gasteiger partial charge in [0.2, 0.25) is 0 Å². The summed E-state index contributed by atoms with van der Waals surface area (Å²) in [6.07, 6.45) is -4.49. The number of ether oxygens (including phenoxy) is 1. The Labute approximate surface area is 201 Å². The van der Waals surface area contributed by atoms with Gasteiger partial charge in [-0.15, -0.1) is 5.10 Å². The largest absolute Gasteiger partial charge is 0.463 e. The van der Waals surface area contributed by atoms with Gasteiger partial charge in [0, 0.05) is 21.3 Å². The Kier molecular flexibility index (Phi) is 6.69. The van der Waals surface area contributed by atoms with Crippen LogP contribution in [0.3, 0.4) is 0 Å². The molecule has 0 aliphatic heterocycles. The molecular formula is C24H18BrF3N4O2. The summed E-state index contributed by atoms with van der Waals surface area (Å²) < 4.78 is 47.2. The van der Waals surface area contributed by atoms with Gasteiger partial charge in [0.25, 0.3) is 5.91 Å². The van der Waals surface area contributed by atoms with Crippen molar-refractivity contribution in [3.8, 4) is 23.1 Å². The summed E-state index contributed by atoms with van der Waals surface area (Å²) in [5, 5.41) is 7.10. The Balaban J connectivity index is 1.65. The van der Waals surface area contributed by atoms with Crippen molar-refractivity contribution in [2.75, 3.05) is 11.9 Å². The normalized spacial score (nSPS) is 11.3. The van der Waals surface area contributed by atoms with E-state index in [0.29, 0.717) is 23.5 Å². The van der Waals surface area contributed by atoms with Gasteiger partial charge in [-0.2, -0.15) is 18.2 Å². The standard InChI is InChI=1S/C24H18BrF3N4O2/c1-2-34-23-30-21(15-5-3-7-17(13-15)24(26,27)28)32(31-23)20-11-9-19(10-12-20)29-22(33)16-6-4-8-18(25)14-16/h3-14H,2H2,1H3,(H,29,33). The minimum absolute atomic E-state index is 0.0435. The highest BCUT2D eigenvalue weighted by Gasteiger charge is 2.31. The van der Waals surface area contributed by atoms with Crippen molar-refractivity contribution in [3.63, 3.8) is 0 Å². The molecule has 1 N–H and O–H groups in total. The van der Waals surface area contributed by atoms with Gasteiger partial charge >= 0.3 is 12.2 Å². The van der Waals surface area contributed by atoms with Crippen LogP contribution in [0.25, 0.3) is 17.1 Å². The minimum atomic E-state index is -4.49. The molecule has 0 atom stereocenters. The van der Waals surface area contributed by atoms with Gasteiger partial charge in [0.1, 0.15) is 0 Å². The van der Waals surface area contributed by atoms with E-state index in [4.69, 9.17) is 4.74 Å². The first-order valence-corrected chi connectivity index (χ1v) is 11.0. The monoisotopic (exact) mass is 530 g/mol. The molecule has 0 aliphatic carbocycles. The van der Waals surface area contributed by atoms with Crippen molar-refractivity contribution in [1.29, 1.82) is 0 Å². The number of rotatable bonds is 6. The number of aromatic nitrogens is 3. The van der Waals surface area contributed by atoms with Gasteiger partial charge in [-0.05, 0) is 61.5 Å². The molecule has 3 aromatic carbocycles. The summed E-state index contributed by atoms with van der Waals surface area (Å²) in [5.41, 5.74) is 1.01. The number of carbonyl (C=O) groups excluding carboxylic acids is 1. The fourth-order valence-electron chi connectivity index (χ4n) is 3.20. The quantitative estimate of drug-likeness (QED) is 0.314. The molecule has 10 heteroatoms. The number of benzene rings is 3. The van der Waals surface area contributed by atoms with Crippen LogP contribution in [0.15, 0.2) is 77.3 Å². The molecule has 0 spiro atoms. The Hall–Kier alpha value is -3.66. The van der Waals surface area contributed by atoms with Gasteiger partial charge in [-0.3, -0.25) is 4.79 Å². The highest BCUT2D eigenvalue weighted by Crippen LogP contribution is 2.33. The molecule has 0 unspecified atom stereocenters. The van der Waals surface area contributed by atoms with Crippen LogP contribution in [0.4, 0.5) is 18.9 Å². The lowest BCUT2D eigenvalue weighted by atomic mass is 10.1. The highest BCUT2D eigenvalue weighted by atomic mass is 79.9. The topological polar surface area (TPSA) is 69.0 Å². The summed E-state index contributed by atoms with van der Waals surface area (Å²) in [7, 11) is 0. The van der Waals surface area contributed by atoms with Crippen molar-refractivity contribution < 1.29 is 22.7 Å². The van der Waals surface area contributed by atoms with E-state index >= 15 is 0 Å². The number of nitrogens with one attached hydrogen (secondary N) is 1. The van der Waals surface area contributed by atoms with E-state index in [1.165, 1.54) is 16.8 Å². The zero-order valence-electron chi connectivity index (χ0n) is 17.8. The molecule has 0 saturated heterocycles. The van der Waals surface area contributed by atoms with E-state index in [1.54, 1.807) is 49.4 Å². The molecule has 34 heavy (non-hydrogen) atoms. The predicted octanol–water partition coefficient (Wildman–Crippen LogP) is 6.37. The van der Waals surface area contributed by atoms with Crippen molar-refractivity contribution in [1.82, 2.24) is 14.8 Å². The number of amides is 1. The molecule has 0 aliphatic rings. The summed E-state index contributed by atoms with van der Waals surface area (Å²) in [6, 6.07) is 18.6. The van der Waals surface area contributed by atoms with Crippen molar-refractivity contribution >= 4 is 27.5 Å². The molecular weight excluding hydrogens is 513 g/mol. The number of hydrogen-bond acceptors (Lipinski definition) is 4. The number of alkyl halides is 3. The Morgan fingerprint density at radius 2 is 1.79 bits per heavy atom. The molecule has 0 radical (unpaired) electrons. The van der Waals surface area contributed by atoms with Crippen molar-refractivity contribution in [3.05, 3.63) is 88.4 Å². The number of hydrogen-bond donors (Lipinski definition) is 1. The zero-order valence-corrected chi connectivity index (χ0v) is 19.4. The lowest BCUT2D eigenvalue weighted by Crippen LogP contribution is -2.11. The third-order valence-corrected chi connectivity index (χ3v) is 5.26. The second kappa shape index (κ2) is 9.68. The summed E-state index contributed by atoms with van der Waals surface area (Å²) in [6.45, 7) is 2.06. The number of carbonyl (C=O) groups is 1. The summed E-state index contributed by atoms with van der Waals surface area (Å²) in [5.74, 6) is -0.0847. The second-order valence-electron chi connectivity index (χ2n) is 7.15. The lowest BCUT2D eigenvalue weighted by molar-refractivity contribution is -0.137. The van der Waals surface area contributed by atoms with Crippen LogP contribution in [-0.2, 0) is 6.18 Å². The van der Waals surface area contributed by atoms with Gasteiger partial charge in [-0.1, -0.05) is 34.1 Å². The molecule has 4 aromatic rings.